The fourth-order valence-electron chi connectivity index (χ4n) is 1.84. The van der Waals surface area contributed by atoms with E-state index < -0.39 is 17.4 Å². The fraction of sp³-hybridized carbons (Fsp3) is 0.286. The monoisotopic (exact) mass is 289 g/mol. The van der Waals surface area contributed by atoms with E-state index in [0.29, 0.717) is 5.65 Å². The van der Waals surface area contributed by atoms with Crippen LogP contribution in [0.4, 0.5) is 0 Å². The molecule has 0 atom stereocenters. The Morgan fingerprint density at radius 2 is 2.14 bits per heavy atom. The van der Waals surface area contributed by atoms with E-state index in [-0.39, 0.29) is 18.5 Å². The first kappa shape index (κ1) is 14.7. The molecule has 0 aliphatic heterocycles. The number of esters is 1. The van der Waals surface area contributed by atoms with Gasteiger partial charge < -0.3 is 9.64 Å². The number of methoxy groups -OCH3 is 1. The maximum atomic E-state index is 12.3. The minimum atomic E-state index is -0.477. The predicted molar refractivity (Wildman–Crippen MR) is 75.1 cm³/mol. The Kier molecular flexibility index (Phi) is 4.32. The second kappa shape index (κ2) is 6.17. The van der Waals surface area contributed by atoms with Crippen LogP contribution in [0.3, 0.4) is 0 Å². The summed E-state index contributed by atoms with van der Waals surface area (Å²) in [4.78, 5) is 40.9. The van der Waals surface area contributed by atoms with E-state index in [4.69, 9.17) is 0 Å². The molecule has 0 N–H and O–H groups in total. The van der Waals surface area contributed by atoms with Crippen LogP contribution in [0.25, 0.3) is 5.65 Å². The Morgan fingerprint density at radius 1 is 1.38 bits per heavy atom. The molecule has 7 heteroatoms. The fourth-order valence-corrected chi connectivity index (χ4v) is 1.84. The molecule has 0 aliphatic carbocycles. The van der Waals surface area contributed by atoms with Crippen LogP contribution in [0, 0.1) is 0 Å². The molecule has 1 amide bonds. The highest BCUT2D eigenvalue weighted by Gasteiger charge is 2.18. The lowest BCUT2D eigenvalue weighted by Gasteiger charge is -2.16. The topological polar surface area (TPSA) is 81.0 Å². The van der Waals surface area contributed by atoms with Crippen molar-refractivity contribution in [3.63, 3.8) is 0 Å². The molecule has 0 bridgehead atoms. The Balaban J connectivity index is 2.25. The Morgan fingerprint density at radius 3 is 2.86 bits per heavy atom. The summed E-state index contributed by atoms with van der Waals surface area (Å²) in [6.45, 7) is 0.169. The van der Waals surface area contributed by atoms with E-state index in [0.717, 1.165) is 0 Å². The number of rotatable bonds is 4. The second-order valence-electron chi connectivity index (χ2n) is 4.46. The van der Waals surface area contributed by atoms with Gasteiger partial charge in [-0.05, 0) is 12.1 Å². The summed E-state index contributed by atoms with van der Waals surface area (Å²) in [7, 11) is 2.80. The molecule has 0 saturated carbocycles. The Bertz CT molecular complexity index is 738. The zero-order valence-electron chi connectivity index (χ0n) is 11.8. The zero-order chi connectivity index (χ0) is 15.4. The van der Waals surface area contributed by atoms with Crippen LogP contribution in [0.15, 0.2) is 35.4 Å². The van der Waals surface area contributed by atoms with Crippen LogP contribution >= 0.6 is 0 Å². The van der Waals surface area contributed by atoms with Crippen molar-refractivity contribution in [1.82, 2.24) is 14.3 Å². The molecule has 2 aromatic heterocycles. The van der Waals surface area contributed by atoms with Crippen molar-refractivity contribution in [2.24, 2.45) is 0 Å². The lowest BCUT2D eigenvalue weighted by Crippen LogP contribution is -2.34. The average Bonchev–Trinajstić information content (AvgIpc) is 2.52. The lowest BCUT2D eigenvalue weighted by atomic mass is 10.2. The van der Waals surface area contributed by atoms with Gasteiger partial charge >= 0.3 is 5.97 Å². The maximum Gasteiger partial charge on any atom is 0.307 e. The molecule has 0 saturated heterocycles. The summed E-state index contributed by atoms with van der Waals surface area (Å²) in [5, 5.41) is 0. The third-order valence-corrected chi connectivity index (χ3v) is 3.07. The van der Waals surface area contributed by atoms with E-state index in [1.165, 1.54) is 29.7 Å². The highest BCUT2D eigenvalue weighted by molar-refractivity contribution is 5.93. The van der Waals surface area contributed by atoms with E-state index >= 15 is 0 Å². The van der Waals surface area contributed by atoms with Crippen molar-refractivity contribution >= 4 is 17.5 Å². The molecule has 2 aromatic rings. The number of carbonyl (C=O) groups is 2. The van der Waals surface area contributed by atoms with Gasteiger partial charge in [0.1, 0.15) is 11.2 Å². The smallest absolute Gasteiger partial charge is 0.307 e. The van der Waals surface area contributed by atoms with E-state index in [1.54, 1.807) is 24.4 Å². The molecular weight excluding hydrogens is 274 g/mol. The largest absolute Gasteiger partial charge is 0.469 e. The number of fused-ring (bicyclic) bond motifs is 1. The van der Waals surface area contributed by atoms with Crippen LogP contribution in [-0.2, 0) is 9.53 Å². The molecule has 0 unspecified atom stereocenters. The normalized spacial score (nSPS) is 10.4. The SMILES string of the molecule is COC(=O)CCN(C)C(=O)c1cnc2ccccn2c1=O. The van der Waals surface area contributed by atoms with E-state index in [1.807, 2.05) is 0 Å². The van der Waals surface area contributed by atoms with Crippen LogP contribution in [0.1, 0.15) is 16.8 Å². The van der Waals surface area contributed by atoms with Crippen molar-refractivity contribution in [2.45, 2.75) is 6.42 Å². The van der Waals surface area contributed by atoms with Gasteiger partial charge in [-0.25, -0.2) is 4.98 Å². The third kappa shape index (κ3) is 3.07. The summed E-state index contributed by atoms with van der Waals surface area (Å²) in [5.74, 6) is -0.891. The summed E-state index contributed by atoms with van der Waals surface area (Å²) in [6.07, 6.45) is 2.88. The molecule has 0 radical (unpaired) electrons. The minimum Gasteiger partial charge on any atom is -0.469 e. The summed E-state index contributed by atoms with van der Waals surface area (Å²) < 4.78 is 5.82. The Hall–Kier alpha value is -2.70. The number of amides is 1. The van der Waals surface area contributed by atoms with Gasteiger partial charge in [0.15, 0.2) is 0 Å². The van der Waals surface area contributed by atoms with Crippen molar-refractivity contribution in [3.8, 4) is 0 Å². The predicted octanol–water partition coefficient (Wildman–Crippen LogP) is 0.330. The number of ether oxygens (including phenoxy) is 1. The van der Waals surface area contributed by atoms with Crippen molar-refractivity contribution in [3.05, 3.63) is 46.5 Å². The Labute approximate surface area is 120 Å². The molecule has 2 heterocycles. The first-order valence-electron chi connectivity index (χ1n) is 6.33. The van der Waals surface area contributed by atoms with Crippen LogP contribution in [0.2, 0.25) is 0 Å². The number of aromatic nitrogens is 2. The maximum absolute atomic E-state index is 12.3. The van der Waals surface area contributed by atoms with E-state index in [9.17, 15) is 14.4 Å². The summed E-state index contributed by atoms with van der Waals surface area (Å²) in [5.41, 5.74) is -0.00199. The standard InChI is InChI=1S/C14H15N3O4/c1-16(8-6-12(18)21-2)13(19)10-9-15-11-5-3-4-7-17(11)14(10)20/h3-5,7,9H,6,8H2,1-2H3. The minimum absolute atomic E-state index is 0.0361. The van der Waals surface area contributed by atoms with Gasteiger partial charge in [-0.3, -0.25) is 18.8 Å². The van der Waals surface area contributed by atoms with Gasteiger partial charge in [-0.1, -0.05) is 6.07 Å². The second-order valence-corrected chi connectivity index (χ2v) is 4.46. The molecule has 0 aromatic carbocycles. The van der Waals surface area contributed by atoms with Gasteiger partial charge in [-0.15, -0.1) is 0 Å². The van der Waals surface area contributed by atoms with Crippen molar-refractivity contribution in [1.29, 1.82) is 0 Å². The third-order valence-electron chi connectivity index (χ3n) is 3.07. The van der Waals surface area contributed by atoms with Gasteiger partial charge in [0.2, 0.25) is 0 Å². The molecule has 2 rings (SSSR count). The number of hydrogen-bond donors (Lipinski definition) is 0. The average molecular weight is 289 g/mol. The van der Waals surface area contributed by atoms with Gasteiger partial charge in [0.25, 0.3) is 11.5 Å². The molecule has 0 aliphatic rings. The quantitative estimate of drug-likeness (QED) is 0.758. The molecule has 7 nitrogen and oxygen atoms in total. The van der Waals surface area contributed by atoms with Crippen LogP contribution in [0.5, 0.6) is 0 Å². The molecule has 21 heavy (non-hydrogen) atoms. The molecular formula is C14H15N3O4. The zero-order valence-corrected chi connectivity index (χ0v) is 11.8. The summed E-state index contributed by atoms with van der Waals surface area (Å²) >= 11 is 0. The van der Waals surface area contributed by atoms with E-state index in [2.05, 4.69) is 9.72 Å². The van der Waals surface area contributed by atoms with Crippen LogP contribution < -0.4 is 5.56 Å². The number of pyridine rings is 1. The van der Waals surface area contributed by atoms with Crippen molar-refractivity contribution in [2.75, 3.05) is 20.7 Å². The highest BCUT2D eigenvalue weighted by atomic mass is 16.5. The highest BCUT2D eigenvalue weighted by Crippen LogP contribution is 2.01. The molecule has 0 fully saturated rings. The van der Waals surface area contributed by atoms with Gasteiger partial charge in [-0.2, -0.15) is 0 Å². The number of nitrogens with zero attached hydrogens (tertiary/aromatic N) is 3. The van der Waals surface area contributed by atoms with Crippen molar-refractivity contribution < 1.29 is 14.3 Å². The van der Waals surface area contributed by atoms with Gasteiger partial charge in [0.05, 0.1) is 13.5 Å². The number of carbonyl (C=O) groups excluding carboxylic acids is 2. The molecule has 110 valence electrons. The number of hydrogen-bond acceptors (Lipinski definition) is 5. The van der Waals surface area contributed by atoms with Gasteiger partial charge in [0, 0.05) is 26.0 Å². The lowest BCUT2D eigenvalue weighted by molar-refractivity contribution is -0.140. The first-order valence-corrected chi connectivity index (χ1v) is 6.33. The first-order chi connectivity index (χ1) is 10.0. The molecule has 0 spiro atoms. The summed E-state index contributed by atoms with van der Waals surface area (Å²) in [6, 6.07) is 5.12. The van der Waals surface area contributed by atoms with Crippen LogP contribution in [-0.4, -0.2) is 46.9 Å².